The Hall–Kier alpha value is -4.41. The van der Waals surface area contributed by atoms with Crippen LogP contribution in [0.15, 0.2) is 58.5 Å². The summed E-state index contributed by atoms with van der Waals surface area (Å²) in [5.74, 6) is -0.702. The van der Waals surface area contributed by atoms with Crippen molar-refractivity contribution in [3.05, 3.63) is 86.5 Å². The number of hydrogen-bond acceptors (Lipinski definition) is 7. The molecular weight excluding hydrogens is 575 g/mol. The summed E-state index contributed by atoms with van der Waals surface area (Å²) >= 11 is 0. The Bertz CT molecular complexity index is 1710. The van der Waals surface area contributed by atoms with Gasteiger partial charge in [-0.25, -0.2) is 19.3 Å². The van der Waals surface area contributed by atoms with Gasteiger partial charge in [-0.1, -0.05) is 12.1 Å². The number of H-pyrrole nitrogens is 1. The Morgan fingerprint density at radius 3 is 2.55 bits per heavy atom. The molecule has 1 atom stereocenters. The number of methoxy groups -OCH3 is 1. The van der Waals surface area contributed by atoms with Gasteiger partial charge < -0.3 is 9.22 Å². The Morgan fingerprint density at radius 1 is 1.16 bits per heavy atom. The average Bonchev–Trinajstić information content (AvgIpc) is 3.41. The summed E-state index contributed by atoms with van der Waals surface area (Å²) in [5, 5.41) is 16.3. The van der Waals surface area contributed by atoms with E-state index in [9.17, 15) is 28.0 Å². The van der Waals surface area contributed by atoms with Crippen LogP contribution in [0.2, 0.25) is 0 Å². The molecule has 7 rings (SSSR count). The zero-order chi connectivity index (χ0) is 31.2. The van der Waals surface area contributed by atoms with Crippen LogP contribution in [0.5, 0.6) is 0 Å². The number of quaternary nitrogens is 1. The second-order valence-corrected chi connectivity index (χ2v) is 11.7. The first kappa shape index (κ1) is 29.7. The number of carbonyl (C=O) groups excluding carboxylic acids is 1. The minimum Gasteiger partial charge on any atom is -0.466 e. The summed E-state index contributed by atoms with van der Waals surface area (Å²) < 4.78 is 48.4. The van der Waals surface area contributed by atoms with Crippen LogP contribution in [0.25, 0.3) is 0 Å². The van der Waals surface area contributed by atoms with E-state index < -0.39 is 29.4 Å². The number of piperazine rings is 3. The van der Waals surface area contributed by atoms with Crippen molar-refractivity contribution in [2.45, 2.75) is 32.0 Å². The molecule has 3 saturated heterocycles. The number of anilines is 2. The number of carbonyl (C=O) groups is 1. The molecule has 0 radical (unpaired) electrons. The van der Waals surface area contributed by atoms with Crippen LogP contribution in [-0.4, -0.2) is 83.0 Å². The molecule has 10 nitrogen and oxygen atoms in total. The van der Waals surface area contributed by atoms with Crippen LogP contribution in [-0.2, 0) is 22.1 Å². The molecule has 4 aliphatic heterocycles. The van der Waals surface area contributed by atoms with E-state index in [2.05, 4.69) is 21.2 Å². The normalized spacial score (nSPS) is 23.0. The Kier molecular flexibility index (Phi) is 7.59. The number of nitrogens with one attached hydrogen (secondary N) is 1. The van der Waals surface area contributed by atoms with Gasteiger partial charge in [-0.3, -0.25) is 9.80 Å². The van der Waals surface area contributed by atoms with E-state index in [0.717, 1.165) is 74.4 Å². The number of esters is 1. The second kappa shape index (κ2) is 11.3. The van der Waals surface area contributed by atoms with Crippen LogP contribution in [0.4, 0.5) is 24.8 Å². The number of ether oxygens (including phenoxy) is 1. The standard InChI is InChI=1S/C31H32F3N7O3/c1-20-26(28(42)44-2)27(40-29(36-37-30(40)43)39(20)24-7-3-6-23(18-24)31(32,33)34)25-9-8-21(19-35)17-22(25)5-4-13-41-14-10-38(11-15-41)12-16-41/h3,6-9,17-18,27H,4-5,10-16H2,1-2H3/p+1/t27-/m1/s1. The number of hydrogen-bond donors (Lipinski definition) is 1. The van der Waals surface area contributed by atoms with Crippen molar-refractivity contribution >= 4 is 17.6 Å². The quantitative estimate of drug-likeness (QED) is 0.322. The maximum atomic E-state index is 13.6. The third kappa shape index (κ3) is 5.18. The number of rotatable bonds is 7. The minimum atomic E-state index is -4.60. The topological polar surface area (TPSA) is 107 Å². The lowest BCUT2D eigenvalue weighted by atomic mass is 9.88. The molecule has 0 unspecified atom stereocenters. The molecule has 0 amide bonds. The summed E-state index contributed by atoms with van der Waals surface area (Å²) in [6.45, 7) is 9.20. The first-order valence-corrected chi connectivity index (χ1v) is 14.6. The maximum absolute atomic E-state index is 13.6. The van der Waals surface area contributed by atoms with Gasteiger partial charge in [0.2, 0.25) is 5.95 Å². The first-order valence-electron chi connectivity index (χ1n) is 14.6. The maximum Gasteiger partial charge on any atom is 0.416 e. The molecule has 0 saturated carbocycles. The molecule has 230 valence electrons. The first-order chi connectivity index (χ1) is 21.0. The molecule has 0 aliphatic carbocycles. The van der Waals surface area contributed by atoms with E-state index in [1.54, 1.807) is 25.1 Å². The molecule has 5 heterocycles. The number of aromatic amines is 1. The van der Waals surface area contributed by atoms with Crippen molar-refractivity contribution in [3.8, 4) is 6.07 Å². The van der Waals surface area contributed by atoms with Crippen LogP contribution in [0, 0.1) is 11.3 Å². The number of nitriles is 1. The van der Waals surface area contributed by atoms with Crippen molar-refractivity contribution in [1.29, 1.82) is 5.26 Å². The van der Waals surface area contributed by atoms with Crippen LogP contribution < -0.4 is 10.6 Å². The van der Waals surface area contributed by atoms with Crippen LogP contribution in [0.3, 0.4) is 0 Å². The van der Waals surface area contributed by atoms with E-state index in [1.165, 1.54) is 28.7 Å². The fourth-order valence-electron chi connectivity index (χ4n) is 6.91. The summed E-state index contributed by atoms with van der Waals surface area (Å²) in [4.78, 5) is 30.7. The van der Waals surface area contributed by atoms with E-state index in [1.807, 2.05) is 0 Å². The van der Waals surface area contributed by atoms with Crippen molar-refractivity contribution in [3.63, 3.8) is 0 Å². The minimum absolute atomic E-state index is 0.0318. The highest BCUT2D eigenvalue weighted by Crippen LogP contribution is 2.43. The fourth-order valence-corrected chi connectivity index (χ4v) is 6.91. The molecule has 0 spiro atoms. The van der Waals surface area contributed by atoms with Crippen LogP contribution in [0.1, 0.15) is 41.6 Å². The van der Waals surface area contributed by atoms with Gasteiger partial charge in [0, 0.05) is 37.4 Å². The molecule has 3 aromatic rings. The van der Waals surface area contributed by atoms with Gasteiger partial charge >= 0.3 is 17.8 Å². The second-order valence-electron chi connectivity index (χ2n) is 11.7. The SMILES string of the molecule is COC(=O)C1=C(C)N(c2cccc(C(F)(F)F)c2)c2n[nH]c(=O)n2[C@@H]1c1ccc(C#N)cc1CCC[N+]12CCN(CC1)CC2. The van der Waals surface area contributed by atoms with Gasteiger partial charge in [-0.05, 0) is 54.8 Å². The van der Waals surface area contributed by atoms with Crippen molar-refractivity contribution in [1.82, 2.24) is 19.7 Å². The van der Waals surface area contributed by atoms with Gasteiger partial charge in [-0.2, -0.15) is 18.4 Å². The summed E-state index contributed by atoms with van der Waals surface area (Å²) in [5.41, 5.74) is 0.787. The lowest BCUT2D eigenvalue weighted by molar-refractivity contribution is -0.941. The van der Waals surface area contributed by atoms with E-state index >= 15 is 0 Å². The molecular formula is C31H33F3N7O3+. The monoisotopic (exact) mass is 608 g/mol. The predicted octanol–water partition coefficient (Wildman–Crippen LogP) is 3.73. The van der Waals surface area contributed by atoms with E-state index in [-0.39, 0.29) is 22.9 Å². The molecule has 2 aromatic carbocycles. The Labute approximate surface area is 252 Å². The highest BCUT2D eigenvalue weighted by atomic mass is 19.4. The molecule has 13 heteroatoms. The largest absolute Gasteiger partial charge is 0.466 e. The highest BCUT2D eigenvalue weighted by Gasteiger charge is 2.42. The number of alkyl halides is 3. The third-order valence-corrected chi connectivity index (χ3v) is 9.30. The number of fused-ring (bicyclic) bond motifs is 4. The number of nitrogens with zero attached hydrogens (tertiary/aromatic N) is 6. The summed E-state index contributed by atoms with van der Waals surface area (Å²) in [6, 6.07) is 11.0. The Morgan fingerprint density at radius 2 is 1.89 bits per heavy atom. The lowest BCUT2D eigenvalue weighted by Crippen LogP contribution is -2.67. The number of aromatic nitrogens is 3. The van der Waals surface area contributed by atoms with Gasteiger partial charge in [0.15, 0.2) is 0 Å². The predicted molar refractivity (Wildman–Crippen MR) is 155 cm³/mol. The number of allylic oxidation sites excluding steroid dienone is 1. The summed E-state index contributed by atoms with van der Waals surface area (Å²) in [6.07, 6.45) is -3.15. The molecule has 44 heavy (non-hydrogen) atoms. The van der Waals surface area contributed by atoms with Gasteiger partial charge in [0.05, 0.1) is 56.1 Å². The van der Waals surface area contributed by atoms with E-state index in [4.69, 9.17) is 4.74 Å². The van der Waals surface area contributed by atoms with Gasteiger partial charge in [0.1, 0.15) is 6.04 Å². The molecule has 2 bridgehead atoms. The molecule has 1 aromatic heterocycles. The Balaban J connectivity index is 1.45. The molecule has 4 aliphatic rings. The average molecular weight is 609 g/mol. The number of halogens is 3. The highest BCUT2D eigenvalue weighted by molar-refractivity contribution is 5.93. The lowest BCUT2D eigenvalue weighted by Gasteiger charge is -2.50. The summed E-state index contributed by atoms with van der Waals surface area (Å²) in [7, 11) is 1.22. The van der Waals surface area contributed by atoms with Gasteiger partial charge in [-0.15, -0.1) is 5.10 Å². The van der Waals surface area contributed by atoms with Crippen molar-refractivity contribution in [2.24, 2.45) is 0 Å². The third-order valence-electron chi connectivity index (χ3n) is 9.30. The molecule has 1 N–H and O–H groups in total. The van der Waals surface area contributed by atoms with Crippen LogP contribution >= 0.6 is 0 Å². The smallest absolute Gasteiger partial charge is 0.416 e. The zero-order valence-electron chi connectivity index (χ0n) is 24.5. The van der Waals surface area contributed by atoms with Crippen molar-refractivity contribution < 1.29 is 27.2 Å². The number of benzene rings is 2. The molecule has 3 fully saturated rings. The van der Waals surface area contributed by atoms with Crippen molar-refractivity contribution in [2.75, 3.05) is 57.8 Å². The van der Waals surface area contributed by atoms with E-state index in [0.29, 0.717) is 17.5 Å². The number of aryl methyl sites for hydroxylation is 1. The zero-order valence-corrected chi connectivity index (χ0v) is 24.5. The fraction of sp³-hybridized carbons (Fsp3) is 0.419. The van der Waals surface area contributed by atoms with Gasteiger partial charge in [0.25, 0.3) is 0 Å².